The average Bonchev–Trinajstić information content (AvgIpc) is 2.80. The second-order valence-electron chi connectivity index (χ2n) is 4.65. The lowest BCUT2D eigenvalue weighted by atomic mass is 9.87. The molecule has 1 aromatic carbocycles. The van der Waals surface area contributed by atoms with Gasteiger partial charge >= 0.3 is 5.97 Å². The largest absolute Gasteiger partial charge is 0.481 e. The Morgan fingerprint density at radius 2 is 2.06 bits per heavy atom. The smallest absolute Gasteiger partial charge is 0.306 e. The number of aliphatic carboxylic acids is 1. The zero-order valence-electron chi connectivity index (χ0n) is 9.64. The van der Waals surface area contributed by atoms with E-state index >= 15 is 0 Å². The maximum Gasteiger partial charge on any atom is 0.306 e. The molecule has 0 bridgehead atoms. The quantitative estimate of drug-likeness (QED) is 0.843. The molecule has 1 fully saturated rings. The summed E-state index contributed by atoms with van der Waals surface area (Å²) in [5.41, 5.74) is 0.752. The van der Waals surface area contributed by atoms with E-state index in [4.69, 9.17) is 0 Å². The van der Waals surface area contributed by atoms with Gasteiger partial charge in [0.15, 0.2) is 0 Å². The molecule has 0 saturated heterocycles. The molecule has 3 atom stereocenters. The fourth-order valence-corrected chi connectivity index (χ4v) is 3.51. The summed E-state index contributed by atoms with van der Waals surface area (Å²) in [5.74, 6) is -1.44. The lowest BCUT2D eigenvalue weighted by Crippen LogP contribution is -2.24. The molecule has 0 amide bonds. The van der Waals surface area contributed by atoms with Gasteiger partial charge < -0.3 is 10.2 Å². The summed E-state index contributed by atoms with van der Waals surface area (Å²) >= 11 is 6.78. The van der Waals surface area contributed by atoms with E-state index in [1.807, 2.05) is 18.2 Å². The van der Waals surface area contributed by atoms with Crippen LogP contribution in [0, 0.1) is 11.8 Å². The molecular formula is C13H14Br2O3. The van der Waals surface area contributed by atoms with Crippen molar-refractivity contribution in [3.05, 3.63) is 32.7 Å². The molecule has 2 rings (SSSR count). The molecule has 0 radical (unpaired) electrons. The second kappa shape index (κ2) is 5.72. The van der Waals surface area contributed by atoms with Crippen molar-refractivity contribution in [2.24, 2.45) is 11.8 Å². The van der Waals surface area contributed by atoms with Gasteiger partial charge in [0, 0.05) is 14.9 Å². The molecule has 0 spiro atoms. The third kappa shape index (κ3) is 2.78. The fraction of sp³-hybridized carbons (Fsp3) is 0.462. The first-order valence-corrected chi connectivity index (χ1v) is 7.45. The van der Waals surface area contributed by atoms with Crippen LogP contribution in [-0.4, -0.2) is 16.2 Å². The number of carbonyl (C=O) groups is 1. The van der Waals surface area contributed by atoms with Crippen LogP contribution in [0.15, 0.2) is 27.1 Å². The number of aliphatic hydroxyl groups excluding tert-OH is 1. The zero-order valence-corrected chi connectivity index (χ0v) is 12.8. The number of halogens is 2. The SMILES string of the molecule is O=C(O)C1CCCC1C(O)c1cc(Br)ccc1Br. The molecule has 1 aromatic rings. The van der Waals surface area contributed by atoms with Crippen molar-refractivity contribution >= 4 is 37.8 Å². The van der Waals surface area contributed by atoms with Crippen LogP contribution in [-0.2, 0) is 4.79 Å². The molecule has 5 heteroatoms. The lowest BCUT2D eigenvalue weighted by Gasteiger charge is -2.23. The first-order valence-electron chi connectivity index (χ1n) is 5.86. The molecule has 0 aromatic heterocycles. The Labute approximate surface area is 122 Å². The van der Waals surface area contributed by atoms with Crippen LogP contribution in [0.3, 0.4) is 0 Å². The van der Waals surface area contributed by atoms with Crippen molar-refractivity contribution in [3.8, 4) is 0 Å². The minimum atomic E-state index is -0.803. The molecule has 0 aliphatic heterocycles. The minimum Gasteiger partial charge on any atom is -0.481 e. The van der Waals surface area contributed by atoms with E-state index in [0.29, 0.717) is 6.42 Å². The van der Waals surface area contributed by atoms with Gasteiger partial charge in [0.1, 0.15) is 0 Å². The van der Waals surface area contributed by atoms with E-state index in [-0.39, 0.29) is 5.92 Å². The van der Waals surface area contributed by atoms with E-state index in [1.165, 1.54) is 0 Å². The highest BCUT2D eigenvalue weighted by Crippen LogP contribution is 2.42. The Bertz CT molecular complexity index is 462. The number of rotatable bonds is 3. The summed E-state index contributed by atoms with van der Waals surface area (Å²) < 4.78 is 1.69. The number of benzene rings is 1. The van der Waals surface area contributed by atoms with Crippen molar-refractivity contribution < 1.29 is 15.0 Å². The van der Waals surface area contributed by atoms with Gasteiger partial charge in [0.05, 0.1) is 12.0 Å². The highest BCUT2D eigenvalue weighted by Gasteiger charge is 2.38. The predicted octanol–water partition coefficient (Wildman–Crippen LogP) is 3.75. The van der Waals surface area contributed by atoms with Gasteiger partial charge in [-0.25, -0.2) is 0 Å². The molecule has 98 valence electrons. The Morgan fingerprint density at radius 3 is 2.72 bits per heavy atom. The van der Waals surface area contributed by atoms with Crippen molar-refractivity contribution in [2.45, 2.75) is 25.4 Å². The summed E-state index contributed by atoms with van der Waals surface area (Å²) in [6, 6.07) is 5.57. The maximum absolute atomic E-state index is 11.2. The molecule has 1 saturated carbocycles. The Hall–Kier alpha value is -0.390. The monoisotopic (exact) mass is 376 g/mol. The highest BCUT2D eigenvalue weighted by atomic mass is 79.9. The minimum absolute atomic E-state index is 0.201. The summed E-state index contributed by atoms with van der Waals surface area (Å²) in [6.45, 7) is 0. The Balaban J connectivity index is 2.27. The molecule has 18 heavy (non-hydrogen) atoms. The standard InChI is InChI=1S/C13H14Br2O3/c14-7-4-5-11(15)10(6-7)12(16)8-2-1-3-9(8)13(17)18/h4-6,8-9,12,16H,1-3H2,(H,17,18). The van der Waals surface area contributed by atoms with Crippen LogP contribution < -0.4 is 0 Å². The molecule has 1 aliphatic carbocycles. The summed E-state index contributed by atoms with van der Waals surface area (Å²) in [7, 11) is 0. The van der Waals surface area contributed by atoms with Crippen molar-refractivity contribution in [3.63, 3.8) is 0 Å². The number of carboxylic acid groups (broad SMARTS) is 1. The van der Waals surface area contributed by atoms with Crippen molar-refractivity contribution in [2.75, 3.05) is 0 Å². The normalized spacial score (nSPS) is 25.1. The number of hydrogen-bond acceptors (Lipinski definition) is 2. The fourth-order valence-electron chi connectivity index (χ4n) is 2.65. The molecule has 3 nitrogen and oxygen atoms in total. The first-order chi connectivity index (χ1) is 8.50. The molecule has 0 heterocycles. The third-order valence-electron chi connectivity index (χ3n) is 3.57. The lowest BCUT2D eigenvalue weighted by molar-refractivity contribution is -0.144. The summed E-state index contributed by atoms with van der Waals surface area (Å²) in [6.07, 6.45) is 1.55. The van der Waals surface area contributed by atoms with Crippen LogP contribution in [0.2, 0.25) is 0 Å². The van der Waals surface area contributed by atoms with Gasteiger partial charge in [-0.3, -0.25) is 4.79 Å². The predicted molar refractivity (Wildman–Crippen MR) is 75.3 cm³/mol. The van der Waals surface area contributed by atoms with Gasteiger partial charge in [-0.2, -0.15) is 0 Å². The van der Waals surface area contributed by atoms with E-state index in [0.717, 1.165) is 27.4 Å². The van der Waals surface area contributed by atoms with Crippen LogP contribution in [0.1, 0.15) is 30.9 Å². The first kappa shape index (κ1) is 14.0. The van der Waals surface area contributed by atoms with Gasteiger partial charge in [-0.15, -0.1) is 0 Å². The molecule has 1 aliphatic rings. The summed E-state index contributed by atoms with van der Waals surface area (Å²) in [5, 5.41) is 19.6. The van der Waals surface area contributed by atoms with Gasteiger partial charge in [0.25, 0.3) is 0 Å². The van der Waals surface area contributed by atoms with Gasteiger partial charge in [0.2, 0.25) is 0 Å². The number of hydrogen-bond donors (Lipinski definition) is 2. The Morgan fingerprint density at radius 1 is 1.33 bits per heavy atom. The van der Waals surface area contributed by atoms with Gasteiger partial charge in [-0.1, -0.05) is 38.3 Å². The second-order valence-corrected chi connectivity index (χ2v) is 6.42. The topological polar surface area (TPSA) is 57.5 Å². The molecule has 3 unspecified atom stereocenters. The highest BCUT2D eigenvalue weighted by molar-refractivity contribution is 9.11. The van der Waals surface area contributed by atoms with E-state index < -0.39 is 18.0 Å². The van der Waals surface area contributed by atoms with Crippen molar-refractivity contribution in [1.29, 1.82) is 0 Å². The van der Waals surface area contributed by atoms with E-state index in [2.05, 4.69) is 31.9 Å². The average molecular weight is 378 g/mol. The van der Waals surface area contributed by atoms with E-state index in [1.54, 1.807) is 0 Å². The van der Waals surface area contributed by atoms with Crippen LogP contribution in [0.25, 0.3) is 0 Å². The maximum atomic E-state index is 11.2. The number of aliphatic hydroxyl groups is 1. The van der Waals surface area contributed by atoms with Crippen molar-refractivity contribution in [1.82, 2.24) is 0 Å². The van der Waals surface area contributed by atoms with Crippen LogP contribution >= 0.6 is 31.9 Å². The zero-order chi connectivity index (χ0) is 13.3. The third-order valence-corrected chi connectivity index (χ3v) is 4.78. The molecular weight excluding hydrogens is 364 g/mol. The number of carboxylic acids is 1. The van der Waals surface area contributed by atoms with Gasteiger partial charge in [-0.05, 0) is 36.6 Å². The summed E-state index contributed by atoms with van der Waals surface area (Å²) in [4.78, 5) is 11.2. The Kier molecular flexibility index (Phi) is 4.45. The van der Waals surface area contributed by atoms with Crippen LogP contribution in [0.5, 0.6) is 0 Å². The van der Waals surface area contributed by atoms with Crippen LogP contribution in [0.4, 0.5) is 0 Å². The molecule has 2 N–H and O–H groups in total. The van der Waals surface area contributed by atoms with E-state index in [9.17, 15) is 15.0 Å².